The molecule has 1 aromatic carbocycles. The molecule has 1 aliphatic rings. The number of halogens is 2. The van der Waals surface area contributed by atoms with E-state index in [9.17, 15) is 8.78 Å². The lowest BCUT2D eigenvalue weighted by atomic mass is 9.87. The highest BCUT2D eigenvalue weighted by atomic mass is 32.1. The zero-order chi connectivity index (χ0) is 14.7. The predicted molar refractivity (Wildman–Crippen MR) is 77.5 cm³/mol. The van der Waals surface area contributed by atoms with Crippen LogP contribution >= 0.6 is 11.3 Å². The number of fused-ring (bicyclic) bond motifs is 1. The Labute approximate surface area is 120 Å². The van der Waals surface area contributed by atoms with Gasteiger partial charge in [-0.05, 0) is 45.2 Å². The summed E-state index contributed by atoms with van der Waals surface area (Å²) in [7, 11) is -0.542. The van der Waals surface area contributed by atoms with Gasteiger partial charge in [-0.3, -0.25) is 0 Å². The zero-order valence-corrected chi connectivity index (χ0v) is 12.6. The lowest BCUT2D eigenvalue weighted by Crippen LogP contribution is -2.41. The summed E-state index contributed by atoms with van der Waals surface area (Å²) < 4.78 is 40.0. The Hall–Kier alpha value is -0.975. The highest BCUT2D eigenvalue weighted by Gasteiger charge is 2.52. The number of benzene rings is 1. The van der Waals surface area contributed by atoms with Gasteiger partial charge in [0.05, 0.1) is 15.9 Å². The van der Waals surface area contributed by atoms with Gasteiger partial charge in [0.1, 0.15) is 11.6 Å². The van der Waals surface area contributed by atoms with E-state index in [0.717, 1.165) is 10.8 Å². The first-order chi connectivity index (χ1) is 9.19. The molecule has 106 valence electrons. The quantitative estimate of drug-likeness (QED) is 0.750. The Balaban J connectivity index is 2.03. The fraction of sp³-hybridized carbons (Fsp3) is 0.429. The maximum atomic E-state index is 13.7. The second-order valence-corrected chi connectivity index (χ2v) is 7.13. The van der Waals surface area contributed by atoms with Gasteiger partial charge in [0.15, 0.2) is 0 Å². The van der Waals surface area contributed by atoms with Crippen molar-refractivity contribution in [3.63, 3.8) is 0 Å². The van der Waals surface area contributed by atoms with Crippen LogP contribution < -0.4 is 4.78 Å². The number of thiophene rings is 1. The molecule has 0 bridgehead atoms. The van der Waals surface area contributed by atoms with Crippen LogP contribution in [0.3, 0.4) is 0 Å². The third-order valence-corrected chi connectivity index (χ3v) is 5.22. The van der Waals surface area contributed by atoms with Crippen molar-refractivity contribution in [2.75, 3.05) is 0 Å². The molecule has 0 unspecified atom stereocenters. The van der Waals surface area contributed by atoms with Crippen molar-refractivity contribution in [1.29, 1.82) is 0 Å². The van der Waals surface area contributed by atoms with Crippen LogP contribution in [0.2, 0.25) is 0 Å². The molecule has 0 spiro atoms. The molecule has 2 aromatic rings. The number of hydrogen-bond donors (Lipinski definition) is 0. The van der Waals surface area contributed by atoms with Crippen molar-refractivity contribution in [3.05, 3.63) is 29.8 Å². The molecule has 0 saturated carbocycles. The smallest absolute Gasteiger partial charge is 0.399 e. The van der Waals surface area contributed by atoms with Crippen molar-refractivity contribution in [2.45, 2.75) is 38.9 Å². The van der Waals surface area contributed by atoms with Crippen LogP contribution in [0.25, 0.3) is 10.1 Å². The fourth-order valence-electron chi connectivity index (χ4n) is 2.17. The van der Waals surface area contributed by atoms with Gasteiger partial charge in [-0.25, -0.2) is 8.78 Å². The number of hydrogen-bond acceptors (Lipinski definition) is 3. The molecule has 0 radical (unpaired) electrons. The molecule has 2 nitrogen and oxygen atoms in total. The normalized spacial score (nSPS) is 20.8. The lowest BCUT2D eigenvalue weighted by Gasteiger charge is -2.32. The maximum absolute atomic E-state index is 13.7. The maximum Gasteiger partial charge on any atom is 0.505 e. The molecular formula is C14H15BF2O2S. The largest absolute Gasteiger partial charge is 0.505 e. The average Bonchev–Trinajstić information content (AvgIpc) is 2.78. The van der Waals surface area contributed by atoms with E-state index >= 15 is 0 Å². The van der Waals surface area contributed by atoms with E-state index in [1.807, 2.05) is 27.7 Å². The summed E-state index contributed by atoms with van der Waals surface area (Å²) in [6.45, 7) is 7.84. The van der Waals surface area contributed by atoms with Crippen LogP contribution in [0.5, 0.6) is 0 Å². The summed E-state index contributed by atoms with van der Waals surface area (Å²) in [4.78, 5) is 0. The average molecular weight is 296 g/mol. The van der Waals surface area contributed by atoms with Gasteiger partial charge in [-0.2, -0.15) is 0 Å². The molecule has 2 heterocycles. The minimum atomic E-state index is -0.576. The summed E-state index contributed by atoms with van der Waals surface area (Å²) in [5.74, 6) is -1.12. The Kier molecular flexibility index (Phi) is 2.98. The Bertz CT molecular complexity index is 665. The van der Waals surface area contributed by atoms with Crippen molar-refractivity contribution >= 4 is 33.3 Å². The van der Waals surface area contributed by atoms with Crippen LogP contribution in [0.15, 0.2) is 18.2 Å². The zero-order valence-electron chi connectivity index (χ0n) is 11.8. The second kappa shape index (κ2) is 4.26. The SMILES string of the molecule is CC1(C)OB(c2cc3cc(F)cc(F)c3s2)OC1(C)C. The van der Waals surface area contributed by atoms with E-state index in [2.05, 4.69) is 0 Å². The summed E-state index contributed by atoms with van der Waals surface area (Å²) in [6, 6.07) is 3.95. The first-order valence-electron chi connectivity index (χ1n) is 6.44. The molecular weight excluding hydrogens is 281 g/mol. The third-order valence-electron chi connectivity index (χ3n) is 4.04. The topological polar surface area (TPSA) is 18.5 Å². The van der Waals surface area contributed by atoms with Gasteiger partial charge < -0.3 is 9.31 Å². The lowest BCUT2D eigenvalue weighted by molar-refractivity contribution is 0.00578. The van der Waals surface area contributed by atoms with E-state index in [-0.39, 0.29) is 0 Å². The van der Waals surface area contributed by atoms with Crippen LogP contribution in [-0.4, -0.2) is 18.3 Å². The fourth-order valence-corrected chi connectivity index (χ4v) is 3.18. The minimum absolute atomic E-state index is 0.427. The molecule has 0 N–H and O–H groups in total. The molecule has 1 saturated heterocycles. The molecule has 0 atom stereocenters. The standard InChI is InChI=1S/C14H15BF2O2S/c1-13(2)14(3,4)19-15(18-13)11-6-8-5-9(16)7-10(17)12(8)20-11/h5-7H,1-4H3. The first kappa shape index (κ1) is 14.0. The van der Waals surface area contributed by atoms with E-state index in [1.165, 1.54) is 17.4 Å². The summed E-state index contributed by atoms with van der Waals surface area (Å²) >= 11 is 1.24. The predicted octanol–water partition coefficient (Wildman–Crippen LogP) is 3.48. The van der Waals surface area contributed by atoms with Crippen LogP contribution in [0, 0.1) is 11.6 Å². The van der Waals surface area contributed by atoms with Crippen LogP contribution in [-0.2, 0) is 9.31 Å². The summed E-state index contributed by atoms with van der Waals surface area (Å²) in [5.41, 5.74) is -0.894. The minimum Gasteiger partial charge on any atom is -0.399 e. The Morgan fingerprint density at radius 2 is 1.60 bits per heavy atom. The van der Waals surface area contributed by atoms with Gasteiger partial charge in [0.25, 0.3) is 0 Å². The monoisotopic (exact) mass is 296 g/mol. The summed E-state index contributed by atoms with van der Waals surface area (Å²) in [6.07, 6.45) is 0. The van der Waals surface area contributed by atoms with E-state index in [4.69, 9.17) is 9.31 Å². The van der Waals surface area contributed by atoms with Gasteiger partial charge in [-0.15, -0.1) is 11.3 Å². The van der Waals surface area contributed by atoms with Crippen molar-refractivity contribution in [1.82, 2.24) is 0 Å². The summed E-state index contributed by atoms with van der Waals surface area (Å²) in [5, 5.41) is 0.539. The van der Waals surface area contributed by atoms with Crippen molar-refractivity contribution in [3.8, 4) is 0 Å². The van der Waals surface area contributed by atoms with Gasteiger partial charge in [0.2, 0.25) is 0 Å². The third kappa shape index (κ3) is 2.06. The van der Waals surface area contributed by atoms with Crippen molar-refractivity contribution in [2.24, 2.45) is 0 Å². The van der Waals surface area contributed by atoms with Crippen LogP contribution in [0.4, 0.5) is 8.78 Å². The van der Waals surface area contributed by atoms with Crippen molar-refractivity contribution < 1.29 is 18.1 Å². The molecule has 1 aliphatic heterocycles. The highest BCUT2D eigenvalue weighted by molar-refractivity contribution is 7.28. The van der Waals surface area contributed by atoms with Gasteiger partial charge >= 0.3 is 7.12 Å². The van der Waals surface area contributed by atoms with E-state index in [1.54, 1.807) is 6.07 Å². The second-order valence-electron chi connectivity index (χ2n) is 6.04. The molecule has 6 heteroatoms. The molecule has 3 rings (SSSR count). The molecule has 1 fully saturated rings. The number of rotatable bonds is 1. The van der Waals surface area contributed by atoms with Gasteiger partial charge in [-0.1, -0.05) is 0 Å². The molecule has 20 heavy (non-hydrogen) atoms. The Morgan fingerprint density at radius 1 is 1.00 bits per heavy atom. The Morgan fingerprint density at radius 3 is 2.20 bits per heavy atom. The van der Waals surface area contributed by atoms with E-state index in [0.29, 0.717) is 10.1 Å². The van der Waals surface area contributed by atoms with Crippen LogP contribution in [0.1, 0.15) is 27.7 Å². The highest BCUT2D eigenvalue weighted by Crippen LogP contribution is 2.37. The van der Waals surface area contributed by atoms with E-state index < -0.39 is 30.0 Å². The molecule has 0 aliphatic carbocycles. The van der Waals surface area contributed by atoms with Gasteiger partial charge in [0, 0.05) is 10.8 Å². The molecule has 1 aromatic heterocycles. The molecule has 0 amide bonds. The first-order valence-corrected chi connectivity index (χ1v) is 7.25.